The van der Waals surface area contributed by atoms with Crippen LogP contribution in [0.2, 0.25) is 0 Å². The molecule has 1 aliphatic heterocycles. The molecule has 1 saturated heterocycles. The number of piperidine rings is 1. The van der Waals surface area contributed by atoms with E-state index in [4.69, 9.17) is 9.47 Å². The summed E-state index contributed by atoms with van der Waals surface area (Å²) < 4.78 is 9.64. The van der Waals surface area contributed by atoms with Crippen LogP contribution in [0.4, 0.5) is 0 Å². The van der Waals surface area contributed by atoms with E-state index in [1.807, 2.05) is 6.92 Å². The number of carbonyl (C=O) groups is 2. The van der Waals surface area contributed by atoms with Gasteiger partial charge in [-0.3, -0.25) is 4.79 Å². The van der Waals surface area contributed by atoms with Gasteiger partial charge in [0.15, 0.2) is 0 Å². The van der Waals surface area contributed by atoms with Crippen LogP contribution in [0, 0.1) is 11.8 Å². The normalized spacial score (nSPS) is 25.1. The van der Waals surface area contributed by atoms with Gasteiger partial charge in [-0.2, -0.15) is 0 Å². The molecular formula is C12H19NO4. The molecule has 0 unspecified atom stereocenters. The maximum absolute atomic E-state index is 11.7. The largest absolute Gasteiger partial charge is 0.504 e. The lowest BCUT2D eigenvalue weighted by Gasteiger charge is -2.31. The SMILES string of the molecule is CC[C@H]1CNC(=O)C[C@@H]1/C(=C\OC)C(=O)OC. The van der Waals surface area contributed by atoms with E-state index in [0.717, 1.165) is 6.42 Å². The van der Waals surface area contributed by atoms with E-state index in [-0.39, 0.29) is 17.7 Å². The molecule has 5 heteroatoms. The smallest absolute Gasteiger partial charge is 0.337 e. The molecule has 0 aromatic rings. The summed E-state index contributed by atoms with van der Waals surface area (Å²) in [5, 5.41) is 2.81. The van der Waals surface area contributed by atoms with Gasteiger partial charge in [-0.15, -0.1) is 0 Å². The molecule has 1 rings (SSSR count). The van der Waals surface area contributed by atoms with Gasteiger partial charge in [-0.1, -0.05) is 13.3 Å². The zero-order chi connectivity index (χ0) is 12.8. The molecule has 1 aliphatic rings. The Bertz CT molecular complexity index is 324. The molecular weight excluding hydrogens is 222 g/mol. The average Bonchev–Trinajstić information content (AvgIpc) is 2.35. The predicted octanol–water partition coefficient (Wildman–Crippen LogP) is 0.852. The number of ether oxygens (including phenoxy) is 2. The number of nitrogens with one attached hydrogen (secondary N) is 1. The number of carbonyl (C=O) groups excluding carboxylic acids is 2. The molecule has 96 valence electrons. The van der Waals surface area contributed by atoms with Crippen LogP contribution in [0.15, 0.2) is 11.8 Å². The predicted molar refractivity (Wildman–Crippen MR) is 62.0 cm³/mol. The minimum Gasteiger partial charge on any atom is -0.504 e. The van der Waals surface area contributed by atoms with Crippen molar-refractivity contribution in [3.8, 4) is 0 Å². The quantitative estimate of drug-likeness (QED) is 0.450. The van der Waals surface area contributed by atoms with E-state index in [1.54, 1.807) is 0 Å². The molecule has 1 heterocycles. The van der Waals surface area contributed by atoms with Crippen molar-refractivity contribution >= 4 is 11.9 Å². The molecule has 0 aliphatic carbocycles. The van der Waals surface area contributed by atoms with Crippen LogP contribution in [-0.4, -0.2) is 32.6 Å². The van der Waals surface area contributed by atoms with Gasteiger partial charge in [0.1, 0.15) is 0 Å². The Morgan fingerprint density at radius 1 is 1.53 bits per heavy atom. The molecule has 0 aromatic carbocycles. The van der Waals surface area contributed by atoms with Crippen LogP contribution < -0.4 is 5.32 Å². The summed E-state index contributed by atoms with van der Waals surface area (Å²) in [5.41, 5.74) is 0.441. The summed E-state index contributed by atoms with van der Waals surface area (Å²) in [4.78, 5) is 23.1. The lowest BCUT2D eigenvalue weighted by Crippen LogP contribution is -2.42. The Morgan fingerprint density at radius 2 is 2.24 bits per heavy atom. The molecule has 17 heavy (non-hydrogen) atoms. The molecule has 2 atom stereocenters. The fraction of sp³-hybridized carbons (Fsp3) is 0.667. The maximum atomic E-state index is 11.7. The van der Waals surface area contributed by atoms with Crippen molar-refractivity contribution in [2.24, 2.45) is 11.8 Å². The Labute approximate surface area is 101 Å². The van der Waals surface area contributed by atoms with Crippen molar-refractivity contribution < 1.29 is 19.1 Å². The molecule has 0 spiro atoms. The van der Waals surface area contributed by atoms with Gasteiger partial charge in [-0.05, 0) is 5.92 Å². The number of hydrogen-bond acceptors (Lipinski definition) is 4. The van der Waals surface area contributed by atoms with E-state index in [2.05, 4.69) is 5.32 Å². The highest BCUT2D eigenvalue weighted by molar-refractivity contribution is 5.90. The molecule has 0 saturated carbocycles. The zero-order valence-corrected chi connectivity index (χ0v) is 10.5. The fourth-order valence-corrected chi connectivity index (χ4v) is 2.15. The Kier molecular flexibility index (Phi) is 5.00. The number of amides is 1. The molecule has 1 amide bonds. The van der Waals surface area contributed by atoms with Crippen molar-refractivity contribution in [1.29, 1.82) is 0 Å². The second-order valence-electron chi connectivity index (χ2n) is 4.08. The molecule has 0 radical (unpaired) electrons. The van der Waals surface area contributed by atoms with Crippen LogP contribution in [-0.2, 0) is 19.1 Å². The van der Waals surface area contributed by atoms with Crippen LogP contribution in [0.25, 0.3) is 0 Å². The Balaban J connectivity index is 2.93. The van der Waals surface area contributed by atoms with E-state index >= 15 is 0 Å². The average molecular weight is 241 g/mol. The van der Waals surface area contributed by atoms with Gasteiger partial charge in [0, 0.05) is 18.9 Å². The summed E-state index contributed by atoms with van der Waals surface area (Å²) in [7, 11) is 2.81. The first-order valence-corrected chi connectivity index (χ1v) is 5.71. The number of esters is 1. The van der Waals surface area contributed by atoms with Gasteiger partial charge in [0.2, 0.25) is 5.91 Å². The summed E-state index contributed by atoms with van der Waals surface area (Å²) >= 11 is 0. The van der Waals surface area contributed by atoms with E-state index in [9.17, 15) is 9.59 Å². The lowest BCUT2D eigenvalue weighted by atomic mass is 9.79. The second-order valence-corrected chi connectivity index (χ2v) is 4.08. The third-order valence-electron chi connectivity index (χ3n) is 3.13. The zero-order valence-electron chi connectivity index (χ0n) is 10.5. The number of hydrogen-bond donors (Lipinski definition) is 1. The monoisotopic (exact) mass is 241 g/mol. The minimum absolute atomic E-state index is 0.0365. The fourth-order valence-electron chi connectivity index (χ4n) is 2.15. The van der Waals surface area contributed by atoms with Gasteiger partial charge >= 0.3 is 5.97 Å². The standard InChI is InChI=1S/C12H19NO4/c1-4-8-6-13-11(14)5-9(8)10(7-16-2)12(15)17-3/h7-9H,4-6H2,1-3H3,(H,13,14)/b10-7+/t8-,9-/m0/s1. The molecule has 1 fully saturated rings. The first kappa shape index (κ1) is 13.5. The van der Waals surface area contributed by atoms with Crippen molar-refractivity contribution in [2.45, 2.75) is 19.8 Å². The van der Waals surface area contributed by atoms with Gasteiger partial charge in [0.05, 0.1) is 26.1 Å². The van der Waals surface area contributed by atoms with Crippen LogP contribution in [0.5, 0.6) is 0 Å². The van der Waals surface area contributed by atoms with Crippen molar-refractivity contribution in [3.05, 3.63) is 11.8 Å². The maximum Gasteiger partial charge on any atom is 0.337 e. The molecule has 1 N–H and O–H groups in total. The first-order chi connectivity index (χ1) is 8.13. The Morgan fingerprint density at radius 3 is 2.76 bits per heavy atom. The first-order valence-electron chi connectivity index (χ1n) is 5.71. The summed E-state index contributed by atoms with van der Waals surface area (Å²) in [5.74, 6) is -0.343. The number of rotatable bonds is 4. The van der Waals surface area contributed by atoms with E-state index in [0.29, 0.717) is 18.5 Å². The minimum atomic E-state index is -0.426. The third kappa shape index (κ3) is 3.22. The second kappa shape index (κ2) is 6.27. The van der Waals surface area contributed by atoms with Crippen LogP contribution in [0.1, 0.15) is 19.8 Å². The number of methoxy groups -OCH3 is 2. The summed E-state index contributed by atoms with van der Waals surface area (Å²) in [6.45, 7) is 2.63. The summed E-state index contributed by atoms with van der Waals surface area (Å²) in [6.07, 6.45) is 2.59. The lowest BCUT2D eigenvalue weighted by molar-refractivity contribution is -0.137. The van der Waals surface area contributed by atoms with Crippen molar-refractivity contribution in [1.82, 2.24) is 5.32 Å². The van der Waals surface area contributed by atoms with E-state index in [1.165, 1.54) is 20.5 Å². The Hall–Kier alpha value is -1.52. The molecule has 0 aromatic heterocycles. The highest BCUT2D eigenvalue weighted by Gasteiger charge is 2.34. The molecule has 5 nitrogen and oxygen atoms in total. The van der Waals surface area contributed by atoms with Crippen molar-refractivity contribution in [2.75, 3.05) is 20.8 Å². The highest BCUT2D eigenvalue weighted by atomic mass is 16.5. The third-order valence-corrected chi connectivity index (χ3v) is 3.13. The van der Waals surface area contributed by atoms with Gasteiger partial charge < -0.3 is 14.8 Å². The summed E-state index contributed by atoms with van der Waals surface area (Å²) in [6, 6.07) is 0. The van der Waals surface area contributed by atoms with Crippen LogP contribution in [0.3, 0.4) is 0 Å². The molecule has 0 bridgehead atoms. The highest BCUT2D eigenvalue weighted by Crippen LogP contribution is 2.30. The van der Waals surface area contributed by atoms with Gasteiger partial charge in [-0.25, -0.2) is 4.79 Å². The van der Waals surface area contributed by atoms with Gasteiger partial charge in [0.25, 0.3) is 0 Å². The van der Waals surface area contributed by atoms with Crippen molar-refractivity contribution in [3.63, 3.8) is 0 Å². The van der Waals surface area contributed by atoms with E-state index < -0.39 is 5.97 Å². The van der Waals surface area contributed by atoms with Crippen LogP contribution >= 0.6 is 0 Å². The topological polar surface area (TPSA) is 64.6 Å².